The largest absolute Gasteiger partial charge is 0.509 e. The molecule has 0 aliphatic rings. The molecule has 2 nitrogen and oxygen atoms in total. The molecule has 0 saturated carbocycles. The zero-order chi connectivity index (χ0) is 9.52. The zero-order valence-electron chi connectivity index (χ0n) is 7.66. The molecule has 0 N–H and O–H groups in total. The minimum atomic E-state index is 0.478. The highest BCUT2D eigenvalue weighted by atomic mass is 32.1. The van der Waals surface area contributed by atoms with Crippen molar-refractivity contribution in [3.63, 3.8) is 0 Å². The first-order valence-corrected chi connectivity index (χ1v) is 5.14. The summed E-state index contributed by atoms with van der Waals surface area (Å²) in [4.78, 5) is 0.665. The van der Waals surface area contributed by atoms with Crippen molar-refractivity contribution in [2.24, 2.45) is 0 Å². The molecule has 0 unspecified atom stereocenters. The Labute approximate surface area is 82.4 Å². The van der Waals surface area contributed by atoms with Gasteiger partial charge in [-0.05, 0) is 12.5 Å². The Bertz CT molecular complexity index is 273. The zero-order valence-corrected chi connectivity index (χ0v) is 8.47. The summed E-state index contributed by atoms with van der Waals surface area (Å²) in [6, 6.07) is 7.32. The molecule has 3 heteroatoms. The van der Waals surface area contributed by atoms with Crippen LogP contribution in [-0.4, -0.2) is 6.61 Å². The van der Waals surface area contributed by atoms with E-state index in [1.807, 2.05) is 18.2 Å². The molecule has 0 bridgehead atoms. The van der Waals surface area contributed by atoms with Gasteiger partial charge in [-0.2, -0.15) is 0 Å². The van der Waals surface area contributed by atoms with Gasteiger partial charge in [-0.25, -0.2) is 0 Å². The van der Waals surface area contributed by atoms with Gasteiger partial charge in [0.25, 0.3) is 0 Å². The van der Waals surface area contributed by atoms with Crippen molar-refractivity contribution >= 4 is 11.7 Å². The second kappa shape index (κ2) is 5.65. The van der Waals surface area contributed by atoms with E-state index in [4.69, 9.17) is 4.74 Å². The number of ether oxygens (including phenoxy) is 1. The van der Waals surface area contributed by atoms with Crippen molar-refractivity contribution < 1.29 is 8.95 Å². The summed E-state index contributed by atoms with van der Waals surface area (Å²) in [5.74, 6) is 0.705. The maximum absolute atomic E-state index is 10.6. The Morgan fingerprint density at radius 1 is 1.38 bits per heavy atom. The molecule has 0 atom stereocenters. The summed E-state index contributed by atoms with van der Waals surface area (Å²) in [6.07, 6.45) is 2.13. The standard InChI is InChI=1S/C10H13O2S/c1-2-3-8-12-9-6-4-5-7-10(9)13-11/h4-7H,2-3,8H2,1H3/q+1. The van der Waals surface area contributed by atoms with Crippen molar-refractivity contribution in [1.29, 1.82) is 0 Å². The van der Waals surface area contributed by atoms with Crippen molar-refractivity contribution in [3.8, 4) is 5.75 Å². The van der Waals surface area contributed by atoms with Crippen LogP contribution in [0.2, 0.25) is 0 Å². The second-order valence-corrected chi connectivity index (χ2v) is 3.34. The molecule has 0 radical (unpaired) electrons. The van der Waals surface area contributed by atoms with Gasteiger partial charge in [-0.1, -0.05) is 25.5 Å². The predicted octanol–water partition coefficient (Wildman–Crippen LogP) is 2.65. The third kappa shape index (κ3) is 3.11. The molecule has 1 rings (SSSR count). The molecule has 1 aromatic carbocycles. The van der Waals surface area contributed by atoms with Gasteiger partial charge in [0.1, 0.15) is 0 Å². The smallest absolute Gasteiger partial charge is 0.488 e. The van der Waals surface area contributed by atoms with Crippen molar-refractivity contribution in [2.45, 2.75) is 24.7 Å². The molecule has 70 valence electrons. The third-order valence-corrected chi connectivity index (χ3v) is 2.21. The molecule has 0 fully saturated rings. The topological polar surface area (TPSA) is 26.3 Å². The number of hydrogen-bond acceptors (Lipinski definition) is 2. The fourth-order valence-corrected chi connectivity index (χ4v) is 1.31. The van der Waals surface area contributed by atoms with Crippen LogP contribution in [0.1, 0.15) is 19.8 Å². The van der Waals surface area contributed by atoms with E-state index in [2.05, 4.69) is 6.92 Å². The van der Waals surface area contributed by atoms with Crippen LogP contribution in [-0.2, 0) is 15.9 Å². The summed E-state index contributed by atoms with van der Waals surface area (Å²) in [5.41, 5.74) is 0. The van der Waals surface area contributed by atoms with E-state index >= 15 is 0 Å². The molecule has 0 aromatic heterocycles. The number of hydrogen-bond donors (Lipinski definition) is 0. The molecule has 0 aliphatic carbocycles. The van der Waals surface area contributed by atoms with E-state index in [-0.39, 0.29) is 0 Å². The van der Waals surface area contributed by atoms with E-state index in [1.54, 1.807) is 6.07 Å². The average molecular weight is 197 g/mol. The highest BCUT2D eigenvalue weighted by Crippen LogP contribution is 2.17. The van der Waals surface area contributed by atoms with Gasteiger partial charge >= 0.3 is 16.6 Å². The maximum atomic E-state index is 10.6. The Morgan fingerprint density at radius 2 is 2.15 bits per heavy atom. The van der Waals surface area contributed by atoms with Crippen LogP contribution in [0, 0.1) is 0 Å². The van der Waals surface area contributed by atoms with Crippen LogP contribution < -0.4 is 4.74 Å². The van der Waals surface area contributed by atoms with Gasteiger partial charge in [-0.3, -0.25) is 0 Å². The molecular weight excluding hydrogens is 184 g/mol. The molecule has 0 saturated heterocycles. The van der Waals surface area contributed by atoms with Gasteiger partial charge in [0, 0.05) is 10.3 Å². The third-order valence-electron chi connectivity index (χ3n) is 1.69. The van der Waals surface area contributed by atoms with Gasteiger partial charge in [0.05, 0.1) is 6.61 Å². The van der Waals surface area contributed by atoms with Crippen LogP contribution >= 0.6 is 0 Å². The normalized spacial score (nSPS) is 9.62. The monoisotopic (exact) mass is 197 g/mol. The van der Waals surface area contributed by atoms with Crippen LogP contribution in [0.4, 0.5) is 0 Å². The lowest BCUT2D eigenvalue weighted by Gasteiger charge is -2.01. The summed E-state index contributed by atoms with van der Waals surface area (Å²) < 4.78 is 16.1. The first-order chi connectivity index (χ1) is 6.38. The maximum Gasteiger partial charge on any atom is 0.509 e. The SMILES string of the molecule is CCCCOc1ccccc1[S+]=O. The fourth-order valence-electron chi connectivity index (χ4n) is 0.965. The number of unbranched alkanes of at least 4 members (excludes halogenated alkanes) is 1. The van der Waals surface area contributed by atoms with Gasteiger partial charge in [0.15, 0.2) is 5.75 Å². The molecule has 1 aromatic rings. The van der Waals surface area contributed by atoms with Crippen LogP contribution in [0.15, 0.2) is 29.2 Å². The Morgan fingerprint density at radius 3 is 2.85 bits per heavy atom. The lowest BCUT2D eigenvalue weighted by atomic mass is 10.3. The predicted molar refractivity (Wildman–Crippen MR) is 53.2 cm³/mol. The van der Waals surface area contributed by atoms with Crippen molar-refractivity contribution in [1.82, 2.24) is 0 Å². The first-order valence-electron chi connectivity index (χ1n) is 4.40. The lowest BCUT2D eigenvalue weighted by molar-refractivity contribution is 0.302. The minimum Gasteiger partial charge on any atom is -0.488 e. The van der Waals surface area contributed by atoms with Gasteiger partial charge in [0.2, 0.25) is 0 Å². The quantitative estimate of drug-likeness (QED) is 0.536. The molecule has 0 amide bonds. The molecular formula is C10H13O2S+. The molecule has 13 heavy (non-hydrogen) atoms. The van der Waals surface area contributed by atoms with Crippen LogP contribution in [0.25, 0.3) is 0 Å². The van der Waals surface area contributed by atoms with Crippen molar-refractivity contribution in [3.05, 3.63) is 24.3 Å². The average Bonchev–Trinajstić information content (AvgIpc) is 2.19. The van der Waals surface area contributed by atoms with E-state index < -0.39 is 0 Å². The molecule has 0 heterocycles. The van der Waals surface area contributed by atoms with Crippen LogP contribution in [0.5, 0.6) is 5.75 Å². The van der Waals surface area contributed by atoms with Gasteiger partial charge < -0.3 is 4.74 Å². The molecule has 0 spiro atoms. The van der Waals surface area contributed by atoms with Crippen molar-refractivity contribution in [2.75, 3.05) is 6.61 Å². The summed E-state index contributed by atoms with van der Waals surface area (Å²) in [5, 5.41) is 0. The fraction of sp³-hybridized carbons (Fsp3) is 0.400. The van der Waals surface area contributed by atoms with Crippen LogP contribution in [0.3, 0.4) is 0 Å². The van der Waals surface area contributed by atoms with E-state index in [1.165, 1.54) is 0 Å². The summed E-state index contributed by atoms with van der Waals surface area (Å²) in [6.45, 7) is 2.80. The number of para-hydroxylation sites is 1. The first kappa shape index (κ1) is 10.1. The highest BCUT2D eigenvalue weighted by Gasteiger charge is 2.13. The summed E-state index contributed by atoms with van der Waals surface area (Å²) in [7, 11) is 0. The Hall–Kier alpha value is -0.960. The van der Waals surface area contributed by atoms with E-state index in [0.717, 1.165) is 12.8 Å². The highest BCUT2D eigenvalue weighted by molar-refractivity contribution is 7.65. The minimum absolute atomic E-state index is 0.478. The van der Waals surface area contributed by atoms with E-state index in [9.17, 15) is 4.21 Å². The Kier molecular flexibility index (Phi) is 4.40. The molecule has 0 aliphatic heterocycles. The summed E-state index contributed by atoms with van der Waals surface area (Å²) >= 11 is 0.478. The Balaban J connectivity index is 2.59. The second-order valence-electron chi connectivity index (χ2n) is 2.73. The lowest BCUT2D eigenvalue weighted by Crippen LogP contribution is -1.97. The van der Waals surface area contributed by atoms with Gasteiger partial charge in [-0.15, -0.1) is 0 Å². The number of rotatable bonds is 5. The van der Waals surface area contributed by atoms with E-state index in [0.29, 0.717) is 28.9 Å². The number of benzene rings is 1.